The molecule has 2 aliphatic rings. The first-order valence-electron chi connectivity index (χ1n) is 11.2. The molecule has 4 heterocycles. The first-order chi connectivity index (χ1) is 16.1. The Hall–Kier alpha value is -3.53. The van der Waals surface area contributed by atoms with E-state index in [0.717, 1.165) is 43.1 Å². The van der Waals surface area contributed by atoms with Gasteiger partial charge in [-0.3, -0.25) is 14.5 Å². The molecule has 1 N–H and O–H groups in total. The minimum absolute atomic E-state index is 0.0458. The third-order valence-electron chi connectivity index (χ3n) is 6.17. The summed E-state index contributed by atoms with van der Waals surface area (Å²) in [5.74, 6) is 0.628. The van der Waals surface area contributed by atoms with E-state index in [2.05, 4.69) is 15.4 Å². The molecule has 33 heavy (non-hydrogen) atoms. The van der Waals surface area contributed by atoms with Crippen molar-refractivity contribution < 1.29 is 14.3 Å². The molecule has 5 rings (SSSR count). The Kier molecular flexibility index (Phi) is 5.91. The van der Waals surface area contributed by atoms with Crippen molar-refractivity contribution in [2.24, 2.45) is 5.92 Å². The Balaban J connectivity index is 1.22. The number of hydrogen-bond acceptors (Lipinski definition) is 6. The highest BCUT2D eigenvalue weighted by Crippen LogP contribution is 2.24. The van der Waals surface area contributed by atoms with Crippen LogP contribution in [-0.4, -0.2) is 62.7 Å². The lowest BCUT2D eigenvalue weighted by Crippen LogP contribution is -2.47. The smallest absolute Gasteiger partial charge is 0.291 e. The second-order valence-electron chi connectivity index (χ2n) is 8.61. The number of anilines is 1. The molecule has 2 atom stereocenters. The highest BCUT2D eigenvalue weighted by molar-refractivity contribution is 6.00. The molecule has 2 aromatic heterocycles. The Bertz CT molecular complexity index is 1130. The van der Waals surface area contributed by atoms with Crippen LogP contribution in [0.2, 0.25) is 0 Å². The van der Waals surface area contributed by atoms with Crippen LogP contribution in [0.3, 0.4) is 0 Å². The van der Waals surface area contributed by atoms with Gasteiger partial charge < -0.3 is 10.1 Å². The number of carbonyl (C=O) groups is 2. The molecule has 2 amide bonds. The molecule has 0 saturated carbocycles. The summed E-state index contributed by atoms with van der Waals surface area (Å²) in [6.07, 6.45) is 3.86. The molecule has 172 valence electrons. The molecule has 1 aromatic carbocycles. The molecule has 1 saturated heterocycles. The predicted octanol–water partition coefficient (Wildman–Crippen LogP) is 1.27. The predicted molar refractivity (Wildman–Crippen MR) is 120 cm³/mol. The van der Waals surface area contributed by atoms with Gasteiger partial charge in [-0.05, 0) is 30.7 Å². The van der Waals surface area contributed by atoms with Crippen LogP contribution in [-0.2, 0) is 29.0 Å². The van der Waals surface area contributed by atoms with Crippen molar-refractivity contribution >= 4 is 17.6 Å². The number of nitrogens with one attached hydrogen (secondary N) is 1. The molecule has 0 aliphatic carbocycles. The second kappa shape index (κ2) is 9.14. The monoisotopic (exact) mass is 449 g/mol. The fourth-order valence-corrected chi connectivity index (χ4v) is 4.36. The molecule has 10 heteroatoms. The molecular formula is C23H27N7O3. The average Bonchev–Trinajstić information content (AvgIpc) is 3.57. The zero-order chi connectivity index (χ0) is 22.8. The summed E-state index contributed by atoms with van der Waals surface area (Å²) in [4.78, 5) is 31.5. The Morgan fingerprint density at radius 3 is 2.85 bits per heavy atom. The number of likely N-dealkylation sites (N-methyl/N-ethyl adjacent to an activating group) is 1. The van der Waals surface area contributed by atoms with Gasteiger partial charge in [0, 0.05) is 32.9 Å². The highest BCUT2D eigenvalue weighted by atomic mass is 16.5. The van der Waals surface area contributed by atoms with Crippen molar-refractivity contribution in [3.63, 3.8) is 0 Å². The van der Waals surface area contributed by atoms with Crippen molar-refractivity contribution in [2.45, 2.75) is 38.4 Å². The van der Waals surface area contributed by atoms with E-state index >= 15 is 0 Å². The van der Waals surface area contributed by atoms with Crippen molar-refractivity contribution in [3.05, 3.63) is 59.8 Å². The third kappa shape index (κ3) is 4.65. The van der Waals surface area contributed by atoms with Gasteiger partial charge in [0.05, 0.1) is 12.2 Å². The van der Waals surface area contributed by atoms with E-state index in [9.17, 15) is 9.59 Å². The third-order valence-corrected chi connectivity index (χ3v) is 6.17. The highest BCUT2D eigenvalue weighted by Gasteiger charge is 2.32. The van der Waals surface area contributed by atoms with Gasteiger partial charge in [-0.25, -0.2) is 14.3 Å². The van der Waals surface area contributed by atoms with Gasteiger partial charge in [0.2, 0.25) is 5.82 Å². The number of carbonyl (C=O) groups excluding carboxylic acids is 2. The molecule has 2 aliphatic heterocycles. The number of hydrogen-bond donors (Lipinski definition) is 1. The normalized spacial score (nSPS) is 20.5. The zero-order valence-electron chi connectivity index (χ0n) is 18.6. The van der Waals surface area contributed by atoms with Crippen LogP contribution >= 0.6 is 0 Å². The number of aromatic nitrogens is 5. The molecule has 3 aromatic rings. The van der Waals surface area contributed by atoms with Gasteiger partial charge in [0.25, 0.3) is 11.8 Å². The molecule has 0 spiro atoms. The minimum atomic E-state index is -0.669. The summed E-state index contributed by atoms with van der Waals surface area (Å²) in [5, 5.41) is 11.8. The number of fused-ring (bicyclic) bond motifs is 1. The molecule has 0 bridgehead atoms. The van der Waals surface area contributed by atoms with E-state index in [1.54, 1.807) is 16.6 Å². The topological polar surface area (TPSA) is 107 Å². The molecule has 10 nitrogen and oxygen atoms in total. The maximum absolute atomic E-state index is 13.1. The first-order valence-corrected chi connectivity index (χ1v) is 11.2. The van der Waals surface area contributed by atoms with E-state index in [0.29, 0.717) is 25.4 Å². The number of rotatable bonds is 6. The summed E-state index contributed by atoms with van der Waals surface area (Å²) in [6.45, 7) is 2.62. The SMILES string of the molecule is CN1C(=O)[C@@H](NC(=O)c2ncn(Cc3ccccc3)n2)CCn2nc(CC3CCOC3)cc21. The van der Waals surface area contributed by atoms with Gasteiger partial charge in [-0.1, -0.05) is 30.3 Å². The van der Waals surface area contributed by atoms with Gasteiger partial charge in [0.15, 0.2) is 0 Å². The van der Waals surface area contributed by atoms with E-state index in [4.69, 9.17) is 9.84 Å². The Morgan fingerprint density at radius 2 is 2.06 bits per heavy atom. The fourth-order valence-electron chi connectivity index (χ4n) is 4.36. The van der Waals surface area contributed by atoms with Crippen molar-refractivity contribution in [2.75, 3.05) is 25.2 Å². The van der Waals surface area contributed by atoms with Crippen molar-refractivity contribution in [1.82, 2.24) is 29.9 Å². The molecule has 0 radical (unpaired) electrons. The maximum Gasteiger partial charge on any atom is 0.291 e. The van der Waals surface area contributed by atoms with Crippen molar-refractivity contribution in [1.29, 1.82) is 0 Å². The summed E-state index contributed by atoms with van der Waals surface area (Å²) in [5.41, 5.74) is 2.03. The summed E-state index contributed by atoms with van der Waals surface area (Å²) in [6, 6.07) is 11.1. The van der Waals surface area contributed by atoms with Gasteiger partial charge >= 0.3 is 0 Å². The van der Waals surface area contributed by atoms with Crippen LogP contribution in [0, 0.1) is 5.92 Å². The quantitative estimate of drug-likeness (QED) is 0.607. The lowest BCUT2D eigenvalue weighted by atomic mass is 10.0. The Morgan fingerprint density at radius 1 is 1.21 bits per heavy atom. The number of benzene rings is 1. The summed E-state index contributed by atoms with van der Waals surface area (Å²) in [7, 11) is 1.72. The fraction of sp³-hybridized carbons (Fsp3) is 0.435. The molecular weight excluding hydrogens is 422 g/mol. The summed E-state index contributed by atoms with van der Waals surface area (Å²) >= 11 is 0. The molecule has 1 fully saturated rings. The van der Waals surface area contributed by atoms with Crippen molar-refractivity contribution in [3.8, 4) is 0 Å². The number of nitrogens with zero attached hydrogens (tertiary/aromatic N) is 6. The van der Waals surface area contributed by atoms with E-state index in [1.807, 2.05) is 41.1 Å². The second-order valence-corrected chi connectivity index (χ2v) is 8.61. The van der Waals surface area contributed by atoms with Gasteiger partial charge in [0.1, 0.15) is 18.2 Å². The van der Waals surface area contributed by atoms with Crippen LogP contribution < -0.4 is 10.2 Å². The van der Waals surface area contributed by atoms with Gasteiger partial charge in [-0.2, -0.15) is 5.10 Å². The van der Waals surface area contributed by atoms with E-state index in [-0.39, 0.29) is 11.7 Å². The largest absolute Gasteiger partial charge is 0.381 e. The van der Waals surface area contributed by atoms with Gasteiger partial charge in [-0.15, -0.1) is 5.10 Å². The van der Waals surface area contributed by atoms with Crippen LogP contribution in [0.15, 0.2) is 42.7 Å². The standard InChI is InChI=1S/C23H27N7O3/c1-28-20-12-18(11-17-8-10-33-14-17)26-30(20)9-7-19(23(28)32)25-22(31)21-24-15-29(27-21)13-16-5-3-2-4-6-16/h2-6,12,15,17,19H,7-11,13-14H2,1H3,(H,25,31)/t17?,19-/m0/s1. The zero-order valence-corrected chi connectivity index (χ0v) is 18.6. The lowest BCUT2D eigenvalue weighted by Gasteiger charge is -2.20. The number of aryl methyl sites for hydroxylation is 1. The number of ether oxygens (including phenoxy) is 1. The van der Waals surface area contributed by atoms with Crippen LogP contribution in [0.5, 0.6) is 0 Å². The van der Waals surface area contributed by atoms with E-state index < -0.39 is 11.9 Å². The maximum atomic E-state index is 13.1. The minimum Gasteiger partial charge on any atom is -0.381 e. The average molecular weight is 450 g/mol. The van der Waals surface area contributed by atoms with Crippen LogP contribution in [0.25, 0.3) is 0 Å². The Labute approximate surface area is 191 Å². The lowest BCUT2D eigenvalue weighted by molar-refractivity contribution is -0.120. The van der Waals surface area contributed by atoms with Crippen LogP contribution in [0.4, 0.5) is 5.82 Å². The molecule has 1 unspecified atom stereocenters. The van der Waals surface area contributed by atoms with Crippen LogP contribution in [0.1, 0.15) is 34.7 Å². The first kappa shape index (κ1) is 21.3. The van der Waals surface area contributed by atoms with E-state index in [1.165, 1.54) is 6.33 Å². The number of amides is 2. The summed E-state index contributed by atoms with van der Waals surface area (Å²) < 4.78 is 8.92.